The second-order valence-corrected chi connectivity index (χ2v) is 7.27. The van der Waals surface area contributed by atoms with Crippen LogP contribution in [0.2, 0.25) is 5.02 Å². The molecule has 0 amide bonds. The molecule has 7 heteroatoms. The first-order valence-electron chi connectivity index (χ1n) is 6.59. The van der Waals surface area contributed by atoms with Crippen LogP contribution in [0.1, 0.15) is 17.5 Å². The van der Waals surface area contributed by atoms with Gasteiger partial charge in [0.1, 0.15) is 5.01 Å². The number of rotatable bonds is 7. The molecule has 2 atom stereocenters. The van der Waals surface area contributed by atoms with E-state index in [9.17, 15) is 5.11 Å². The summed E-state index contributed by atoms with van der Waals surface area (Å²) in [6.45, 7) is 2.18. The standard InChI is InChI=1S/C14H18ClN3OS2/c1-9(12(8-19)20-2)16-14-18-17-13(21-14)7-10-3-5-11(15)6-4-10/h3-6,9,12,19H,7-8H2,1-2H3,(H,16,18). The van der Waals surface area contributed by atoms with E-state index in [0.717, 1.165) is 27.1 Å². The normalized spacial score (nSPS) is 13.9. The van der Waals surface area contributed by atoms with Crippen molar-refractivity contribution in [3.63, 3.8) is 0 Å². The van der Waals surface area contributed by atoms with Crippen LogP contribution in [0.15, 0.2) is 24.3 Å². The molecule has 0 saturated heterocycles. The van der Waals surface area contributed by atoms with E-state index < -0.39 is 0 Å². The number of hydrogen-bond acceptors (Lipinski definition) is 6. The van der Waals surface area contributed by atoms with E-state index in [-0.39, 0.29) is 17.9 Å². The molecule has 0 radical (unpaired) electrons. The summed E-state index contributed by atoms with van der Waals surface area (Å²) >= 11 is 9.06. The van der Waals surface area contributed by atoms with Crippen LogP contribution in [0.25, 0.3) is 0 Å². The fourth-order valence-corrected chi connectivity index (χ4v) is 3.51. The number of thioether (sulfide) groups is 1. The lowest BCUT2D eigenvalue weighted by molar-refractivity contribution is 0.288. The number of nitrogens with one attached hydrogen (secondary N) is 1. The molecule has 0 aliphatic heterocycles. The molecule has 2 N–H and O–H groups in total. The molecule has 1 aromatic carbocycles. The number of aromatic nitrogens is 2. The average molecular weight is 344 g/mol. The molecule has 21 heavy (non-hydrogen) atoms. The van der Waals surface area contributed by atoms with E-state index >= 15 is 0 Å². The number of benzene rings is 1. The first-order chi connectivity index (χ1) is 10.1. The number of aliphatic hydroxyl groups is 1. The largest absolute Gasteiger partial charge is 0.395 e. The Kier molecular flexibility index (Phi) is 6.29. The predicted molar refractivity (Wildman–Crippen MR) is 91.6 cm³/mol. The highest BCUT2D eigenvalue weighted by atomic mass is 35.5. The van der Waals surface area contributed by atoms with Gasteiger partial charge in [0.05, 0.1) is 6.61 Å². The lowest BCUT2D eigenvalue weighted by Crippen LogP contribution is -2.30. The maximum absolute atomic E-state index is 9.29. The van der Waals surface area contributed by atoms with Gasteiger partial charge in [-0.15, -0.1) is 10.2 Å². The van der Waals surface area contributed by atoms with Crippen LogP contribution in [-0.2, 0) is 6.42 Å². The first kappa shape index (κ1) is 16.5. The highest BCUT2D eigenvalue weighted by Crippen LogP contribution is 2.22. The zero-order chi connectivity index (χ0) is 15.2. The van der Waals surface area contributed by atoms with Crippen molar-refractivity contribution >= 4 is 39.8 Å². The second-order valence-electron chi connectivity index (χ2n) is 4.69. The molecule has 0 aliphatic carbocycles. The van der Waals surface area contributed by atoms with Crippen LogP contribution >= 0.6 is 34.7 Å². The SMILES string of the molecule is CSC(CO)C(C)Nc1nnc(Cc2ccc(Cl)cc2)s1. The Bertz CT molecular complexity index is 558. The molecule has 0 spiro atoms. The summed E-state index contributed by atoms with van der Waals surface area (Å²) < 4.78 is 0. The molecule has 4 nitrogen and oxygen atoms in total. The van der Waals surface area contributed by atoms with Crippen LogP contribution in [0.4, 0.5) is 5.13 Å². The molecule has 0 bridgehead atoms. The Morgan fingerprint density at radius 1 is 1.33 bits per heavy atom. The fourth-order valence-electron chi connectivity index (χ4n) is 1.88. The summed E-state index contributed by atoms with van der Waals surface area (Å²) in [5.74, 6) is 0. The van der Waals surface area contributed by atoms with Gasteiger partial charge in [-0.1, -0.05) is 35.1 Å². The van der Waals surface area contributed by atoms with Gasteiger partial charge >= 0.3 is 0 Å². The Morgan fingerprint density at radius 3 is 2.67 bits per heavy atom. The molecule has 1 heterocycles. The van der Waals surface area contributed by atoms with Gasteiger partial charge in [0.25, 0.3) is 0 Å². The fraction of sp³-hybridized carbons (Fsp3) is 0.429. The number of hydrogen-bond donors (Lipinski definition) is 2. The van der Waals surface area contributed by atoms with Gasteiger partial charge in [-0.05, 0) is 30.9 Å². The summed E-state index contributed by atoms with van der Waals surface area (Å²) in [6.07, 6.45) is 2.74. The molecule has 2 unspecified atom stereocenters. The van der Waals surface area contributed by atoms with Crippen molar-refractivity contribution in [2.45, 2.75) is 24.6 Å². The quantitative estimate of drug-likeness (QED) is 0.807. The van der Waals surface area contributed by atoms with E-state index in [1.54, 1.807) is 23.1 Å². The summed E-state index contributed by atoms with van der Waals surface area (Å²) in [6, 6.07) is 7.89. The van der Waals surface area contributed by atoms with Crippen molar-refractivity contribution in [1.82, 2.24) is 10.2 Å². The third-order valence-corrected chi connectivity index (χ3v) is 5.40. The summed E-state index contributed by atoms with van der Waals surface area (Å²) in [4.78, 5) is 0. The average Bonchev–Trinajstić information content (AvgIpc) is 2.90. The molecule has 0 saturated carbocycles. The Balaban J connectivity index is 1.96. The zero-order valence-corrected chi connectivity index (χ0v) is 14.3. The van der Waals surface area contributed by atoms with Crippen LogP contribution < -0.4 is 5.32 Å². The van der Waals surface area contributed by atoms with Crippen molar-refractivity contribution in [1.29, 1.82) is 0 Å². The Hall–Kier alpha value is -0.820. The van der Waals surface area contributed by atoms with Gasteiger partial charge in [-0.25, -0.2) is 0 Å². The van der Waals surface area contributed by atoms with Crippen LogP contribution in [0.5, 0.6) is 0 Å². The highest BCUT2D eigenvalue weighted by molar-refractivity contribution is 7.99. The minimum absolute atomic E-state index is 0.140. The van der Waals surface area contributed by atoms with E-state index in [1.807, 2.05) is 37.4 Å². The molecule has 0 fully saturated rings. The number of halogens is 1. The van der Waals surface area contributed by atoms with E-state index in [2.05, 4.69) is 15.5 Å². The minimum atomic E-state index is 0.140. The molecule has 0 aliphatic rings. The molecule has 2 rings (SSSR count). The van der Waals surface area contributed by atoms with Gasteiger partial charge in [0.15, 0.2) is 0 Å². The van der Waals surface area contributed by atoms with Gasteiger partial charge in [-0.3, -0.25) is 0 Å². The van der Waals surface area contributed by atoms with Crippen LogP contribution in [-0.4, -0.2) is 39.5 Å². The van der Waals surface area contributed by atoms with Crippen molar-refractivity contribution in [2.75, 3.05) is 18.2 Å². The molecule has 2 aromatic rings. The highest BCUT2D eigenvalue weighted by Gasteiger charge is 2.16. The lowest BCUT2D eigenvalue weighted by atomic mass is 10.2. The van der Waals surface area contributed by atoms with E-state index in [0.29, 0.717) is 0 Å². The predicted octanol–water partition coefficient (Wildman–Crippen LogP) is 3.31. The van der Waals surface area contributed by atoms with Gasteiger partial charge in [0.2, 0.25) is 5.13 Å². The summed E-state index contributed by atoms with van der Waals surface area (Å²) in [7, 11) is 0. The van der Waals surface area contributed by atoms with Crippen molar-refractivity contribution in [2.24, 2.45) is 0 Å². The third-order valence-electron chi connectivity index (χ3n) is 3.13. The second kappa shape index (κ2) is 7.98. The number of anilines is 1. The number of aliphatic hydroxyl groups excluding tert-OH is 1. The summed E-state index contributed by atoms with van der Waals surface area (Å²) in [5.41, 5.74) is 1.16. The third kappa shape index (κ3) is 4.85. The zero-order valence-electron chi connectivity index (χ0n) is 11.9. The minimum Gasteiger partial charge on any atom is -0.395 e. The lowest BCUT2D eigenvalue weighted by Gasteiger charge is -2.20. The van der Waals surface area contributed by atoms with Crippen LogP contribution in [0.3, 0.4) is 0 Å². The molecular weight excluding hydrogens is 326 g/mol. The maximum Gasteiger partial charge on any atom is 0.205 e. The molecular formula is C14H18ClN3OS2. The maximum atomic E-state index is 9.29. The van der Waals surface area contributed by atoms with Crippen molar-refractivity contribution in [3.8, 4) is 0 Å². The van der Waals surface area contributed by atoms with Gasteiger partial charge in [-0.2, -0.15) is 11.8 Å². The monoisotopic (exact) mass is 343 g/mol. The van der Waals surface area contributed by atoms with Crippen molar-refractivity contribution in [3.05, 3.63) is 39.9 Å². The van der Waals surface area contributed by atoms with Crippen LogP contribution in [0, 0.1) is 0 Å². The molecule has 114 valence electrons. The van der Waals surface area contributed by atoms with E-state index in [4.69, 9.17) is 11.6 Å². The summed E-state index contributed by atoms with van der Waals surface area (Å²) in [5, 5.41) is 23.6. The molecule has 1 aromatic heterocycles. The Labute approximate surface area is 137 Å². The van der Waals surface area contributed by atoms with Crippen molar-refractivity contribution < 1.29 is 5.11 Å². The first-order valence-corrected chi connectivity index (χ1v) is 9.07. The van der Waals surface area contributed by atoms with E-state index in [1.165, 1.54) is 0 Å². The van der Waals surface area contributed by atoms with Gasteiger partial charge in [0, 0.05) is 22.7 Å². The van der Waals surface area contributed by atoms with Gasteiger partial charge < -0.3 is 10.4 Å². The smallest absolute Gasteiger partial charge is 0.205 e. The topological polar surface area (TPSA) is 58.0 Å². The number of nitrogens with zero attached hydrogens (tertiary/aromatic N) is 2. The Morgan fingerprint density at radius 2 is 2.05 bits per heavy atom.